The molecule has 0 bridgehead atoms. The van der Waals surface area contributed by atoms with Gasteiger partial charge in [0.25, 0.3) is 0 Å². The van der Waals surface area contributed by atoms with Crippen LogP contribution in [0.2, 0.25) is 0 Å². The highest BCUT2D eigenvalue weighted by Gasteiger charge is 2.31. The lowest BCUT2D eigenvalue weighted by Crippen LogP contribution is -2.14. The third-order valence-corrected chi connectivity index (χ3v) is 2.18. The third kappa shape index (κ3) is 3.80. The zero-order chi connectivity index (χ0) is 13.8. The Labute approximate surface area is 102 Å². The molecule has 2 nitrogen and oxygen atoms in total. The first kappa shape index (κ1) is 14.6. The maximum atomic E-state index is 13.3. The number of ether oxygens (including phenoxy) is 1. The molecule has 0 fully saturated rings. The molecule has 0 unspecified atom stereocenters. The van der Waals surface area contributed by atoms with E-state index in [1.807, 2.05) is 6.92 Å². The van der Waals surface area contributed by atoms with Gasteiger partial charge in [-0.15, -0.1) is 0 Å². The summed E-state index contributed by atoms with van der Waals surface area (Å²) in [4.78, 5) is 11.5. The van der Waals surface area contributed by atoms with Crippen molar-refractivity contribution in [3.8, 4) is 0 Å². The van der Waals surface area contributed by atoms with Gasteiger partial charge in [-0.1, -0.05) is 6.92 Å². The molecule has 6 heteroatoms. The number of carbonyl (C=O) groups is 1. The van der Waals surface area contributed by atoms with Crippen molar-refractivity contribution in [2.75, 3.05) is 13.2 Å². The predicted octanol–water partition coefficient (Wildman–Crippen LogP) is 3.45. The average molecular weight is 264 g/mol. The first-order valence-electron chi connectivity index (χ1n) is 5.34. The van der Waals surface area contributed by atoms with Crippen LogP contribution in [-0.2, 0) is 10.9 Å². The molecule has 1 aromatic carbocycles. The highest BCUT2D eigenvalue weighted by atomic mass is 19.4. The van der Waals surface area contributed by atoms with Crippen molar-refractivity contribution in [1.82, 2.24) is 0 Å². The van der Waals surface area contributed by atoms with Gasteiger partial charge in [0.2, 0.25) is 0 Å². The second-order valence-corrected chi connectivity index (χ2v) is 3.67. The molecule has 0 aromatic heterocycles. The minimum atomic E-state index is -4.60. The number of alkyl halides is 3. The minimum Gasteiger partial charge on any atom is -0.373 e. The summed E-state index contributed by atoms with van der Waals surface area (Å²) in [5.41, 5.74) is -1.65. The molecular formula is C12H12F4O2. The molecule has 0 N–H and O–H groups in total. The fourth-order valence-electron chi connectivity index (χ4n) is 1.30. The van der Waals surface area contributed by atoms with Gasteiger partial charge in [-0.3, -0.25) is 4.79 Å². The molecule has 0 saturated heterocycles. The van der Waals surface area contributed by atoms with Crippen LogP contribution in [0, 0.1) is 5.82 Å². The molecule has 0 aliphatic heterocycles. The van der Waals surface area contributed by atoms with Gasteiger partial charge in [0.15, 0.2) is 5.78 Å². The van der Waals surface area contributed by atoms with Crippen molar-refractivity contribution in [1.29, 1.82) is 0 Å². The maximum Gasteiger partial charge on any atom is 0.416 e. The molecule has 0 amide bonds. The maximum absolute atomic E-state index is 13.3. The van der Waals surface area contributed by atoms with E-state index < -0.39 is 35.5 Å². The molecule has 1 aromatic rings. The molecule has 18 heavy (non-hydrogen) atoms. The van der Waals surface area contributed by atoms with E-state index >= 15 is 0 Å². The van der Waals surface area contributed by atoms with Crippen LogP contribution in [0.1, 0.15) is 29.3 Å². The van der Waals surface area contributed by atoms with Crippen LogP contribution in [0.4, 0.5) is 17.6 Å². The van der Waals surface area contributed by atoms with E-state index in [1.54, 1.807) is 0 Å². The summed E-state index contributed by atoms with van der Waals surface area (Å²) in [6.45, 7) is 1.69. The summed E-state index contributed by atoms with van der Waals surface area (Å²) in [7, 11) is 0. The highest BCUT2D eigenvalue weighted by Crippen LogP contribution is 2.30. The number of hydrogen-bond donors (Lipinski definition) is 0. The van der Waals surface area contributed by atoms with Crippen LogP contribution < -0.4 is 0 Å². The molecule has 0 aliphatic rings. The number of ketones is 1. The number of Topliss-reactive ketones (excluding diaryl/α,β-unsaturated/α-hetero) is 1. The van der Waals surface area contributed by atoms with E-state index in [0.29, 0.717) is 31.2 Å². The van der Waals surface area contributed by atoms with Gasteiger partial charge in [-0.25, -0.2) is 4.39 Å². The van der Waals surface area contributed by atoms with E-state index in [4.69, 9.17) is 4.74 Å². The van der Waals surface area contributed by atoms with E-state index in [2.05, 4.69) is 0 Å². The SMILES string of the molecule is CCCOCC(=O)c1cc(C(F)(F)F)ccc1F. The Morgan fingerprint density at radius 1 is 1.33 bits per heavy atom. The van der Waals surface area contributed by atoms with Crippen LogP contribution in [-0.4, -0.2) is 19.0 Å². The Morgan fingerprint density at radius 2 is 2.00 bits per heavy atom. The van der Waals surface area contributed by atoms with Gasteiger partial charge in [0, 0.05) is 6.61 Å². The number of hydrogen-bond acceptors (Lipinski definition) is 2. The van der Waals surface area contributed by atoms with Crippen LogP contribution in [0.25, 0.3) is 0 Å². The second kappa shape index (κ2) is 5.95. The minimum absolute atomic E-state index is 0.298. The standard InChI is InChI=1S/C12H12F4O2/c1-2-5-18-7-11(17)9-6-8(12(14,15)16)3-4-10(9)13/h3-4,6H,2,5,7H2,1H3. The fraction of sp³-hybridized carbons (Fsp3) is 0.417. The monoisotopic (exact) mass is 264 g/mol. The molecule has 0 aliphatic carbocycles. The number of benzene rings is 1. The summed E-state index contributed by atoms with van der Waals surface area (Å²) in [5, 5.41) is 0. The Hall–Kier alpha value is -1.43. The van der Waals surface area contributed by atoms with Crippen molar-refractivity contribution in [2.45, 2.75) is 19.5 Å². The van der Waals surface area contributed by atoms with Gasteiger partial charge in [0.05, 0.1) is 11.1 Å². The molecular weight excluding hydrogens is 252 g/mol. The second-order valence-electron chi connectivity index (χ2n) is 3.67. The number of rotatable bonds is 5. The van der Waals surface area contributed by atoms with Crippen molar-refractivity contribution >= 4 is 5.78 Å². The Kier molecular flexibility index (Phi) is 4.84. The normalized spacial score (nSPS) is 11.6. The van der Waals surface area contributed by atoms with Crippen LogP contribution in [0.3, 0.4) is 0 Å². The van der Waals surface area contributed by atoms with Gasteiger partial charge in [0.1, 0.15) is 12.4 Å². The lowest BCUT2D eigenvalue weighted by molar-refractivity contribution is -0.137. The van der Waals surface area contributed by atoms with Crippen molar-refractivity contribution in [2.24, 2.45) is 0 Å². The molecule has 0 atom stereocenters. The first-order chi connectivity index (χ1) is 8.36. The number of carbonyl (C=O) groups excluding carboxylic acids is 1. The lowest BCUT2D eigenvalue weighted by atomic mass is 10.1. The molecule has 0 heterocycles. The zero-order valence-corrected chi connectivity index (χ0v) is 9.68. The highest BCUT2D eigenvalue weighted by molar-refractivity contribution is 5.97. The first-order valence-corrected chi connectivity index (χ1v) is 5.34. The topological polar surface area (TPSA) is 26.3 Å². The summed E-state index contributed by atoms with van der Waals surface area (Å²) in [6, 6.07) is 1.74. The van der Waals surface area contributed by atoms with Crippen LogP contribution in [0.15, 0.2) is 18.2 Å². The van der Waals surface area contributed by atoms with Crippen LogP contribution in [0.5, 0.6) is 0 Å². The quantitative estimate of drug-likeness (QED) is 0.462. The van der Waals surface area contributed by atoms with Crippen molar-refractivity contribution in [3.63, 3.8) is 0 Å². The summed E-state index contributed by atoms with van der Waals surface area (Å²) in [6.07, 6.45) is -3.94. The van der Waals surface area contributed by atoms with Gasteiger partial charge in [-0.2, -0.15) is 13.2 Å². The summed E-state index contributed by atoms with van der Waals surface area (Å²) >= 11 is 0. The summed E-state index contributed by atoms with van der Waals surface area (Å²) < 4.78 is 55.4. The average Bonchev–Trinajstić information content (AvgIpc) is 2.28. The molecule has 0 radical (unpaired) electrons. The van der Waals surface area contributed by atoms with E-state index in [0.717, 1.165) is 0 Å². The Morgan fingerprint density at radius 3 is 2.56 bits per heavy atom. The van der Waals surface area contributed by atoms with Crippen molar-refractivity contribution < 1.29 is 27.1 Å². The van der Waals surface area contributed by atoms with Gasteiger partial charge in [-0.05, 0) is 24.6 Å². The van der Waals surface area contributed by atoms with Crippen LogP contribution >= 0.6 is 0 Å². The van der Waals surface area contributed by atoms with E-state index in [1.165, 1.54) is 0 Å². The molecule has 1 rings (SSSR count). The molecule has 0 spiro atoms. The smallest absolute Gasteiger partial charge is 0.373 e. The van der Waals surface area contributed by atoms with Crippen molar-refractivity contribution in [3.05, 3.63) is 35.1 Å². The van der Waals surface area contributed by atoms with E-state index in [9.17, 15) is 22.4 Å². The third-order valence-electron chi connectivity index (χ3n) is 2.18. The largest absolute Gasteiger partial charge is 0.416 e. The predicted molar refractivity (Wildman–Crippen MR) is 56.8 cm³/mol. The lowest BCUT2D eigenvalue weighted by Gasteiger charge is -2.09. The fourth-order valence-corrected chi connectivity index (χ4v) is 1.30. The number of halogens is 4. The van der Waals surface area contributed by atoms with Gasteiger partial charge >= 0.3 is 6.18 Å². The van der Waals surface area contributed by atoms with E-state index in [-0.39, 0.29) is 0 Å². The Bertz CT molecular complexity index is 427. The van der Waals surface area contributed by atoms with Gasteiger partial charge < -0.3 is 4.74 Å². The molecule has 100 valence electrons. The Balaban J connectivity index is 2.90. The zero-order valence-electron chi connectivity index (χ0n) is 9.68. The summed E-state index contributed by atoms with van der Waals surface area (Å²) in [5.74, 6) is -1.78. The molecule has 0 saturated carbocycles.